The molecular formula is C35H42O7S2. The monoisotopic (exact) mass is 638 g/mol. The van der Waals surface area contributed by atoms with Gasteiger partial charge in [-0.15, -0.1) is 0 Å². The van der Waals surface area contributed by atoms with Crippen LogP contribution in [-0.2, 0) is 13.7 Å². The summed E-state index contributed by atoms with van der Waals surface area (Å²) in [5.74, 6) is 2.27. The Labute approximate surface area is 263 Å². The van der Waals surface area contributed by atoms with Gasteiger partial charge in [0.2, 0.25) is 0 Å². The van der Waals surface area contributed by atoms with Crippen molar-refractivity contribution < 1.29 is 31.0 Å². The van der Waals surface area contributed by atoms with Crippen molar-refractivity contribution >= 4 is 20.4 Å². The first kappa shape index (κ1) is 33.2. The number of benzene rings is 4. The lowest BCUT2D eigenvalue weighted by molar-refractivity contribution is 0.0954. The SMILES string of the molecule is COc1ccc(S(OS(=O)(=O)c2ccc(C)cc2)(c2ccc(OC)cc2)c2ccc(OC(C)(C)C)c(OC(C)(C)C)c2)cc1. The van der Waals surface area contributed by atoms with Crippen molar-refractivity contribution in [3.05, 3.63) is 96.6 Å². The number of hydrogen-bond acceptors (Lipinski definition) is 7. The maximum absolute atomic E-state index is 14.2. The van der Waals surface area contributed by atoms with Crippen LogP contribution in [0.3, 0.4) is 0 Å². The quantitative estimate of drug-likeness (QED) is 0.172. The normalized spacial score (nSPS) is 12.8. The van der Waals surface area contributed by atoms with E-state index in [1.807, 2.05) is 90.9 Å². The van der Waals surface area contributed by atoms with Gasteiger partial charge in [-0.25, -0.2) is 3.63 Å². The van der Waals surface area contributed by atoms with E-state index < -0.39 is 31.6 Å². The molecule has 0 saturated heterocycles. The van der Waals surface area contributed by atoms with E-state index in [-0.39, 0.29) is 4.90 Å². The van der Waals surface area contributed by atoms with Crippen LogP contribution in [0.2, 0.25) is 0 Å². The van der Waals surface area contributed by atoms with Crippen LogP contribution in [0.15, 0.2) is 111 Å². The molecule has 0 atom stereocenters. The number of hydrogen-bond donors (Lipinski definition) is 0. The molecule has 0 heterocycles. The summed E-state index contributed by atoms with van der Waals surface area (Å²) in [5.41, 5.74) is -0.133. The van der Waals surface area contributed by atoms with Crippen LogP contribution in [-0.4, -0.2) is 33.8 Å². The lowest BCUT2D eigenvalue weighted by atomic mass is 10.1. The topological polar surface area (TPSA) is 80.3 Å². The highest BCUT2D eigenvalue weighted by Gasteiger charge is 2.39. The van der Waals surface area contributed by atoms with E-state index in [1.165, 1.54) is 0 Å². The van der Waals surface area contributed by atoms with Crippen molar-refractivity contribution in [1.29, 1.82) is 0 Å². The van der Waals surface area contributed by atoms with Crippen LogP contribution < -0.4 is 18.9 Å². The fraction of sp³-hybridized carbons (Fsp3) is 0.314. The molecule has 44 heavy (non-hydrogen) atoms. The molecule has 4 aromatic rings. The number of methoxy groups -OCH3 is 2. The molecule has 0 aromatic heterocycles. The largest absolute Gasteiger partial charge is 0.497 e. The zero-order valence-electron chi connectivity index (χ0n) is 26.8. The van der Waals surface area contributed by atoms with Gasteiger partial charge in [-0.2, -0.15) is 8.42 Å². The summed E-state index contributed by atoms with van der Waals surface area (Å²) < 4.78 is 58.5. The molecule has 0 saturated carbocycles. The zero-order valence-corrected chi connectivity index (χ0v) is 28.5. The van der Waals surface area contributed by atoms with Crippen molar-refractivity contribution in [2.75, 3.05) is 14.2 Å². The fourth-order valence-corrected chi connectivity index (χ4v) is 9.62. The van der Waals surface area contributed by atoms with Gasteiger partial charge in [0.1, 0.15) is 22.7 Å². The molecule has 7 nitrogen and oxygen atoms in total. The Morgan fingerprint density at radius 3 is 1.36 bits per heavy atom. The lowest BCUT2D eigenvalue weighted by Crippen LogP contribution is -2.26. The van der Waals surface area contributed by atoms with Gasteiger partial charge in [-0.3, -0.25) is 0 Å². The van der Waals surface area contributed by atoms with Crippen LogP contribution in [0.1, 0.15) is 47.1 Å². The molecule has 9 heteroatoms. The molecule has 4 aromatic carbocycles. The Bertz CT molecular complexity index is 1620. The van der Waals surface area contributed by atoms with E-state index >= 15 is 0 Å². The van der Waals surface area contributed by atoms with Crippen LogP contribution in [0, 0.1) is 6.92 Å². The second-order valence-electron chi connectivity index (χ2n) is 12.3. The predicted octanol–water partition coefficient (Wildman–Crippen LogP) is 8.97. The lowest BCUT2D eigenvalue weighted by Gasteiger charge is -2.40. The maximum Gasteiger partial charge on any atom is 0.307 e. The third-order valence-electron chi connectivity index (χ3n) is 6.36. The van der Waals surface area contributed by atoms with E-state index in [4.69, 9.17) is 22.6 Å². The molecule has 236 valence electrons. The summed E-state index contributed by atoms with van der Waals surface area (Å²) in [7, 11) is -4.10. The minimum atomic E-state index is -4.29. The Kier molecular flexibility index (Phi) is 9.63. The molecular weight excluding hydrogens is 597 g/mol. The molecule has 0 unspecified atom stereocenters. The summed E-state index contributed by atoms with van der Waals surface area (Å²) in [4.78, 5) is 1.94. The van der Waals surface area contributed by atoms with Crippen LogP contribution in [0.4, 0.5) is 0 Å². The number of rotatable bonds is 10. The van der Waals surface area contributed by atoms with Gasteiger partial charge >= 0.3 is 10.1 Å². The number of aryl methyl sites for hydroxylation is 1. The molecule has 0 aliphatic rings. The van der Waals surface area contributed by atoms with E-state index in [0.717, 1.165) is 5.56 Å². The van der Waals surface area contributed by atoms with Crippen molar-refractivity contribution in [3.8, 4) is 23.0 Å². The van der Waals surface area contributed by atoms with Crippen molar-refractivity contribution in [2.45, 2.75) is 79.3 Å². The molecule has 0 spiro atoms. The second-order valence-corrected chi connectivity index (χ2v) is 16.7. The third kappa shape index (κ3) is 7.70. The Morgan fingerprint density at radius 2 is 0.932 bits per heavy atom. The fourth-order valence-electron chi connectivity index (χ4n) is 4.43. The highest BCUT2D eigenvalue weighted by atomic mass is 32.3. The average molecular weight is 639 g/mol. The van der Waals surface area contributed by atoms with Gasteiger partial charge in [-0.05, 0) is 138 Å². The second kappa shape index (κ2) is 12.8. The van der Waals surface area contributed by atoms with Gasteiger partial charge < -0.3 is 18.9 Å². The van der Waals surface area contributed by atoms with E-state index in [2.05, 4.69) is 0 Å². The molecule has 0 bridgehead atoms. The van der Waals surface area contributed by atoms with Gasteiger partial charge in [0.25, 0.3) is 0 Å². The maximum atomic E-state index is 14.2. The van der Waals surface area contributed by atoms with Crippen molar-refractivity contribution in [2.24, 2.45) is 0 Å². The molecule has 0 aliphatic heterocycles. The first-order chi connectivity index (χ1) is 20.6. The molecule has 0 N–H and O–H groups in total. The Morgan fingerprint density at radius 1 is 0.523 bits per heavy atom. The minimum Gasteiger partial charge on any atom is -0.497 e. The third-order valence-corrected chi connectivity index (χ3v) is 11.5. The smallest absolute Gasteiger partial charge is 0.307 e. The molecule has 0 aliphatic carbocycles. The van der Waals surface area contributed by atoms with Crippen molar-refractivity contribution in [1.82, 2.24) is 0 Å². The average Bonchev–Trinajstić information content (AvgIpc) is 2.96. The van der Waals surface area contributed by atoms with E-state index in [0.29, 0.717) is 37.7 Å². The molecule has 4 rings (SSSR count). The van der Waals surface area contributed by atoms with Gasteiger partial charge in [-0.1, -0.05) is 17.7 Å². The number of ether oxygens (including phenoxy) is 4. The van der Waals surface area contributed by atoms with Gasteiger partial charge in [0.05, 0.1) is 19.1 Å². The predicted molar refractivity (Wildman–Crippen MR) is 175 cm³/mol. The standard InChI is InChI=1S/C35H42O7S2/c1-25-10-16-30(17-11-25)44(36,37)42-43(28-18-12-26(38-8)13-19-28,29-20-14-27(39-9)15-21-29)31-22-23-32(40-34(2,3)4)33(24-31)41-35(5,6)7/h10-24H,1-9H3. The van der Waals surface area contributed by atoms with E-state index in [1.54, 1.807) is 62.8 Å². The first-order valence-corrected chi connectivity index (χ1v) is 17.2. The summed E-state index contributed by atoms with van der Waals surface area (Å²) in [6.07, 6.45) is 0. The highest BCUT2D eigenvalue weighted by molar-refractivity contribution is 8.33. The molecule has 0 amide bonds. The summed E-state index contributed by atoms with van der Waals surface area (Å²) in [6.45, 7) is 13.6. The van der Waals surface area contributed by atoms with Gasteiger partial charge in [0, 0.05) is 14.7 Å². The molecule has 0 fully saturated rings. The van der Waals surface area contributed by atoms with Crippen LogP contribution >= 0.6 is 10.3 Å². The molecule has 0 radical (unpaired) electrons. The van der Waals surface area contributed by atoms with E-state index in [9.17, 15) is 8.42 Å². The van der Waals surface area contributed by atoms with Gasteiger partial charge in [0.15, 0.2) is 11.5 Å². The Balaban J connectivity index is 2.08. The Hall–Kier alpha value is -3.66. The first-order valence-electron chi connectivity index (χ1n) is 14.2. The summed E-state index contributed by atoms with van der Waals surface area (Å²) in [6, 6.07) is 26.7. The summed E-state index contributed by atoms with van der Waals surface area (Å²) in [5, 5.41) is 0. The van der Waals surface area contributed by atoms with Crippen LogP contribution in [0.5, 0.6) is 23.0 Å². The van der Waals surface area contributed by atoms with Crippen LogP contribution in [0.25, 0.3) is 0 Å². The minimum absolute atomic E-state index is 0.0563. The highest BCUT2D eigenvalue weighted by Crippen LogP contribution is 2.71. The van der Waals surface area contributed by atoms with Crippen molar-refractivity contribution in [3.63, 3.8) is 0 Å². The zero-order chi connectivity index (χ0) is 32.3. The summed E-state index contributed by atoms with van der Waals surface area (Å²) >= 11 is 0.